The Bertz CT molecular complexity index is 1860. The van der Waals surface area contributed by atoms with Crippen LogP contribution in [0.4, 0.5) is 0 Å². The second kappa shape index (κ2) is 11.5. The van der Waals surface area contributed by atoms with Crippen LogP contribution in [0.1, 0.15) is 21.5 Å². The first kappa shape index (κ1) is 25.5. The van der Waals surface area contributed by atoms with Crippen LogP contribution in [0.3, 0.4) is 0 Å². The quantitative estimate of drug-likeness (QED) is 0.152. The van der Waals surface area contributed by atoms with Gasteiger partial charge in [0.25, 0.3) is 5.91 Å². The highest BCUT2D eigenvalue weighted by molar-refractivity contribution is 9.10. The lowest BCUT2D eigenvalue weighted by atomic mass is 10.0. The molecule has 40 heavy (non-hydrogen) atoms. The first-order chi connectivity index (χ1) is 19.7. The molecule has 1 aromatic heterocycles. The third-order valence-electron chi connectivity index (χ3n) is 6.63. The Hall–Kier alpha value is -4.81. The van der Waals surface area contributed by atoms with Crippen LogP contribution in [0.5, 0.6) is 5.75 Å². The van der Waals surface area contributed by atoms with E-state index < -0.39 is 0 Å². The van der Waals surface area contributed by atoms with Gasteiger partial charge in [-0.05, 0) is 68.2 Å². The molecule has 0 bridgehead atoms. The SMILES string of the molecule is O=C(N/N=C/c1ccc(OCc2cccc3ccccc23)c(Br)c1)c1cc(-c2ccccc2)nc2ccccc12. The molecular weight excluding hydrogens is 562 g/mol. The predicted octanol–water partition coefficient (Wildman–Crippen LogP) is 8.16. The van der Waals surface area contributed by atoms with Gasteiger partial charge in [-0.2, -0.15) is 5.10 Å². The molecule has 194 valence electrons. The number of hydrogen-bond acceptors (Lipinski definition) is 4. The van der Waals surface area contributed by atoms with Gasteiger partial charge in [0.1, 0.15) is 12.4 Å². The lowest BCUT2D eigenvalue weighted by molar-refractivity contribution is 0.0956. The third-order valence-corrected chi connectivity index (χ3v) is 7.25. The molecular formula is C34H24BrN3O2. The topological polar surface area (TPSA) is 63.6 Å². The summed E-state index contributed by atoms with van der Waals surface area (Å²) >= 11 is 3.60. The van der Waals surface area contributed by atoms with E-state index in [9.17, 15) is 4.79 Å². The highest BCUT2D eigenvalue weighted by atomic mass is 79.9. The van der Waals surface area contributed by atoms with Crippen molar-refractivity contribution >= 4 is 49.7 Å². The van der Waals surface area contributed by atoms with Crippen molar-refractivity contribution in [3.8, 4) is 17.0 Å². The smallest absolute Gasteiger partial charge is 0.272 e. The van der Waals surface area contributed by atoms with E-state index in [1.54, 1.807) is 12.3 Å². The number of hydrazone groups is 1. The van der Waals surface area contributed by atoms with Crippen molar-refractivity contribution in [2.45, 2.75) is 6.61 Å². The van der Waals surface area contributed by atoms with Crippen LogP contribution >= 0.6 is 15.9 Å². The molecule has 0 aliphatic heterocycles. The third kappa shape index (κ3) is 5.48. The van der Waals surface area contributed by atoms with Crippen LogP contribution in [0, 0.1) is 0 Å². The summed E-state index contributed by atoms with van der Waals surface area (Å²) in [4.78, 5) is 17.9. The molecule has 0 saturated carbocycles. The number of hydrogen-bond donors (Lipinski definition) is 1. The Labute approximate surface area is 240 Å². The number of rotatable bonds is 7. The fourth-order valence-electron chi connectivity index (χ4n) is 4.63. The summed E-state index contributed by atoms with van der Waals surface area (Å²) in [6.45, 7) is 0.453. The number of nitrogens with zero attached hydrogens (tertiary/aromatic N) is 2. The van der Waals surface area contributed by atoms with E-state index >= 15 is 0 Å². The summed E-state index contributed by atoms with van der Waals surface area (Å²) in [6, 6.07) is 39.4. The van der Waals surface area contributed by atoms with E-state index in [0.29, 0.717) is 12.2 Å². The first-order valence-corrected chi connectivity index (χ1v) is 13.6. The number of pyridine rings is 1. The first-order valence-electron chi connectivity index (χ1n) is 12.8. The summed E-state index contributed by atoms with van der Waals surface area (Å²) in [5, 5.41) is 7.35. The maximum Gasteiger partial charge on any atom is 0.272 e. The monoisotopic (exact) mass is 585 g/mol. The zero-order valence-corrected chi connectivity index (χ0v) is 23.0. The zero-order chi connectivity index (χ0) is 27.3. The predicted molar refractivity (Wildman–Crippen MR) is 165 cm³/mol. The Morgan fingerprint density at radius 1 is 0.825 bits per heavy atom. The van der Waals surface area contributed by atoms with Crippen molar-refractivity contribution < 1.29 is 9.53 Å². The lowest BCUT2D eigenvalue weighted by Gasteiger charge is -2.11. The highest BCUT2D eigenvalue weighted by Gasteiger charge is 2.13. The number of ether oxygens (including phenoxy) is 1. The number of benzene rings is 5. The van der Waals surface area contributed by atoms with Gasteiger partial charge in [0.2, 0.25) is 0 Å². The highest BCUT2D eigenvalue weighted by Crippen LogP contribution is 2.28. The maximum absolute atomic E-state index is 13.2. The molecule has 0 aliphatic rings. The molecule has 0 spiro atoms. The minimum atomic E-state index is -0.305. The summed E-state index contributed by atoms with van der Waals surface area (Å²) in [7, 11) is 0. The molecule has 1 amide bonds. The molecule has 0 saturated heterocycles. The second-order valence-corrected chi connectivity index (χ2v) is 10.1. The van der Waals surface area contributed by atoms with Crippen molar-refractivity contribution in [1.82, 2.24) is 10.4 Å². The van der Waals surface area contributed by atoms with Crippen molar-refractivity contribution in [3.05, 3.63) is 142 Å². The standard InChI is InChI=1S/C34H24BrN3O2/c35-30-19-23(17-18-33(30)40-22-26-13-8-12-24-9-4-5-14-27(24)26)21-36-38-34(39)29-20-32(25-10-2-1-3-11-25)37-31-16-7-6-15-28(29)31/h1-21H,22H2,(H,38,39)/b36-21+. The number of aromatic nitrogens is 1. The molecule has 0 radical (unpaired) electrons. The summed E-state index contributed by atoms with van der Waals surface area (Å²) < 4.78 is 6.91. The van der Waals surface area contributed by atoms with Gasteiger partial charge in [-0.3, -0.25) is 4.79 Å². The Morgan fingerprint density at radius 3 is 2.42 bits per heavy atom. The van der Waals surface area contributed by atoms with Gasteiger partial charge in [0.05, 0.1) is 27.5 Å². The van der Waals surface area contributed by atoms with Gasteiger partial charge in [-0.25, -0.2) is 10.4 Å². The molecule has 0 aliphatic carbocycles. The van der Waals surface area contributed by atoms with Crippen LogP contribution in [0.15, 0.2) is 131 Å². The molecule has 1 heterocycles. The average molecular weight is 586 g/mol. The normalized spacial score (nSPS) is 11.2. The molecule has 6 aromatic rings. The van der Waals surface area contributed by atoms with Gasteiger partial charge in [0.15, 0.2) is 0 Å². The average Bonchev–Trinajstić information content (AvgIpc) is 3.00. The van der Waals surface area contributed by atoms with Crippen molar-refractivity contribution in [3.63, 3.8) is 0 Å². The number of amides is 1. The molecule has 6 rings (SSSR count). The minimum absolute atomic E-state index is 0.305. The number of halogens is 1. The largest absolute Gasteiger partial charge is 0.488 e. The van der Waals surface area contributed by atoms with Crippen LogP contribution < -0.4 is 10.2 Å². The molecule has 5 nitrogen and oxygen atoms in total. The molecule has 5 aromatic carbocycles. The number of fused-ring (bicyclic) bond motifs is 2. The molecule has 1 N–H and O–H groups in total. The Morgan fingerprint density at radius 2 is 1.57 bits per heavy atom. The number of carbonyl (C=O) groups is 1. The summed E-state index contributed by atoms with van der Waals surface area (Å²) in [5.74, 6) is 0.423. The van der Waals surface area contributed by atoms with E-state index in [0.717, 1.165) is 43.5 Å². The van der Waals surface area contributed by atoms with Gasteiger partial charge >= 0.3 is 0 Å². The summed E-state index contributed by atoms with van der Waals surface area (Å²) in [6.07, 6.45) is 1.61. The van der Waals surface area contributed by atoms with E-state index in [2.05, 4.69) is 50.7 Å². The molecule has 0 fully saturated rings. The molecule has 0 unspecified atom stereocenters. The van der Waals surface area contributed by atoms with Crippen LogP contribution in [-0.4, -0.2) is 17.1 Å². The fourth-order valence-corrected chi connectivity index (χ4v) is 5.14. The van der Waals surface area contributed by atoms with E-state index in [1.165, 1.54) is 10.8 Å². The Kier molecular flexibility index (Phi) is 7.33. The molecule has 6 heteroatoms. The number of carbonyl (C=O) groups excluding carboxylic acids is 1. The summed E-state index contributed by atoms with van der Waals surface area (Å²) in [5.41, 5.74) is 7.55. The van der Waals surface area contributed by atoms with E-state index in [-0.39, 0.29) is 5.91 Å². The number of nitrogens with one attached hydrogen (secondary N) is 1. The fraction of sp³-hybridized carbons (Fsp3) is 0.0294. The van der Waals surface area contributed by atoms with Crippen molar-refractivity contribution in [2.24, 2.45) is 5.10 Å². The van der Waals surface area contributed by atoms with Gasteiger partial charge < -0.3 is 4.74 Å². The maximum atomic E-state index is 13.2. The zero-order valence-electron chi connectivity index (χ0n) is 21.4. The second-order valence-electron chi connectivity index (χ2n) is 9.25. The van der Waals surface area contributed by atoms with Crippen LogP contribution in [0.25, 0.3) is 32.9 Å². The number of para-hydroxylation sites is 1. The van der Waals surface area contributed by atoms with E-state index in [1.807, 2.05) is 91.0 Å². The van der Waals surface area contributed by atoms with E-state index in [4.69, 9.17) is 9.72 Å². The van der Waals surface area contributed by atoms with Crippen LogP contribution in [-0.2, 0) is 6.61 Å². The lowest BCUT2D eigenvalue weighted by Crippen LogP contribution is -2.18. The van der Waals surface area contributed by atoms with Gasteiger partial charge in [-0.15, -0.1) is 0 Å². The minimum Gasteiger partial charge on any atom is -0.488 e. The van der Waals surface area contributed by atoms with Crippen LogP contribution in [0.2, 0.25) is 0 Å². The van der Waals surface area contributed by atoms with Gasteiger partial charge in [0, 0.05) is 10.9 Å². The van der Waals surface area contributed by atoms with Crippen molar-refractivity contribution in [1.29, 1.82) is 0 Å². The Balaban J connectivity index is 1.16. The molecule has 0 atom stereocenters. The van der Waals surface area contributed by atoms with Gasteiger partial charge in [-0.1, -0.05) is 91.0 Å². The van der Waals surface area contributed by atoms with Crippen molar-refractivity contribution in [2.75, 3.05) is 0 Å².